The molecule has 5 aromatic rings. The third-order valence-electron chi connectivity index (χ3n) is 5.90. The minimum absolute atomic E-state index is 0.0558. The lowest BCUT2D eigenvalue weighted by Gasteiger charge is -2.14. The summed E-state index contributed by atoms with van der Waals surface area (Å²) < 4.78 is 3.27. The number of anilines is 2. The molecule has 0 bridgehead atoms. The quantitative estimate of drug-likeness (QED) is 0.330. The first kappa shape index (κ1) is 21.3. The van der Waals surface area contributed by atoms with Gasteiger partial charge < -0.3 is 15.5 Å². The molecule has 0 saturated heterocycles. The van der Waals surface area contributed by atoms with E-state index in [9.17, 15) is 15.0 Å². The van der Waals surface area contributed by atoms with Gasteiger partial charge in [-0.3, -0.25) is 9.36 Å². The van der Waals surface area contributed by atoms with Gasteiger partial charge in [-0.1, -0.05) is 36.4 Å². The number of carbonyl (C=O) groups excluding carboxylic acids is 1. The van der Waals surface area contributed by atoms with Gasteiger partial charge in [-0.05, 0) is 49.2 Å². The summed E-state index contributed by atoms with van der Waals surface area (Å²) in [6.07, 6.45) is 3.44. The molecule has 2 aromatic heterocycles. The van der Waals surface area contributed by atoms with Gasteiger partial charge in [-0.2, -0.15) is 5.10 Å². The first-order valence-electron chi connectivity index (χ1n) is 10.9. The molecule has 3 N–H and O–H groups in total. The molecule has 0 aliphatic heterocycles. The standard InChI is InChI=1S/C27H24N4O3/c1-16-7-6-10-21(11-16)31-18(3)26(17(2)29-31)28-23-12-22(32)13-24(33)25(23)27(34)30-14-19-8-4-5-9-20(19)15-30/h4-15,28,32-33H,1-3H3. The van der Waals surface area contributed by atoms with Crippen molar-refractivity contribution in [2.75, 3.05) is 5.32 Å². The number of aromatic hydroxyl groups is 2. The number of nitrogens with one attached hydrogen (secondary N) is 1. The molecular formula is C27H24N4O3. The number of benzene rings is 3. The van der Waals surface area contributed by atoms with Crippen LogP contribution in [-0.4, -0.2) is 30.5 Å². The molecule has 5 rings (SSSR count). The smallest absolute Gasteiger partial charge is 0.267 e. The molecule has 0 atom stereocenters. The molecule has 7 nitrogen and oxygen atoms in total. The molecule has 170 valence electrons. The topological polar surface area (TPSA) is 92.3 Å². The molecule has 0 fully saturated rings. The molecule has 0 amide bonds. The van der Waals surface area contributed by atoms with Gasteiger partial charge in [0, 0.05) is 24.5 Å². The highest BCUT2D eigenvalue weighted by Gasteiger charge is 2.22. The maximum atomic E-state index is 13.5. The molecule has 0 aliphatic rings. The second-order valence-corrected chi connectivity index (χ2v) is 8.41. The van der Waals surface area contributed by atoms with Crippen molar-refractivity contribution >= 4 is 28.1 Å². The maximum absolute atomic E-state index is 13.5. The SMILES string of the molecule is Cc1cccc(-n2nc(C)c(Nc3cc(O)cc(O)c3C(=O)n3cc4ccccc4c3)c2C)c1. The Labute approximate surface area is 196 Å². The summed E-state index contributed by atoms with van der Waals surface area (Å²) in [5.74, 6) is -0.889. The van der Waals surface area contributed by atoms with Crippen molar-refractivity contribution in [3.63, 3.8) is 0 Å². The summed E-state index contributed by atoms with van der Waals surface area (Å²) in [4.78, 5) is 13.5. The van der Waals surface area contributed by atoms with Crippen LogP contribution in [0.1, 0.15) is 27.3 Å². The van der Waals surface area contributed by atoms with Crippen LogP contribution in [0.25, 0.3) is 16.5 Å². The Morgan fingerprint density at radius 2 is 1.62 bits per heavy atom. The molecule has 0 saturated carbocycles. The van der Waals surface area contributed by atoms with E-state index in [4.69, 9.17) is 0 Å². The van der Waals surface area contributed by atoms with E-state index in [2.05, 4.69) is 10.4 Å². The number of aromatic nitrogens is 3. The van der Waals surface area contributed by atoms with Gasteiger partial charge in [-0.25, -0.2) is 4.68 Å². The van der Waals surface area contributed by atoms with Crippen LogP contribution in [0.2, 0.25) is 0 Å². The number of carbonyl (C=O) groups is 1. The molecular weight excluding hydrogens is 428 g/mol. The summed E-state index contributed by atoms with van der Waals surface area (Å²) in [6, 6.07) is 18.2. The van der Waals surface area contributed by atoms with E-state index >= 15 is 0 Å². The lowest BCUT2D eigenvalue weighted by molar-refractivity contribution is 0.0959. The number of aryl methyl sites for hydroxylation is 2. The fourth-order valence-corrected chi connectivity index (χ4v) is 4.23. The molecule has 0 radical (unpaired) electrons. The minimum Gasteiger partial charge on any atom is -0.508 e. The van der Waals surface area contributed by atoms with Crippen molar-refractivity contribution in [3.05, 3.63) is 95.6 Å². The lowest BCUT2D eigenvalue weighted by Crippen LogP contribution is -2.12. The Hall–Kier alpha value is -4.52. The van der Waals surface area contributed by atoms with Crippen LogP contribution in [0.3, 0.4) is 0 Å². The molecule has 0 spiro atoms. The van der Waals surface area contributed by atoms with Crippen LogP contribution < -0.4 is 5.32 Å². The third-order valence-corrected chi connectivity index (χ3v) is 5.90. The predicted molar refractivity (Wildman–Crippen MR) is 132 cm³/mol. The van der Waals surface area contributed by atoms with Gasteiger partial charge in [0.1, 0.15) is 17.1 Å². The summed E-state index contributed by atoms with van der Waals surface area (Å²) in [6.45, 7) is 5.81. The molecule has 0 aliphatic carbocycles. The van der Waals surface area contributed by atoms with Crippen molar-refractivity contribution in [1.29, 1.82) is 0 Å². The number of rotatable bonds is 4. The lowest BCUT2D eigenvalue weighted by atomic mass is 10.1. The Balaban J connectivity index is 1.59. The van der Waals surface area contributed by atoms with Crippen LogP contribution in [-0.2, 0) is 0 Å². The number of nitrogens with zero attached hydrogens (tertiary/aromatic N) is 3. The predicted octanol–water partition coefficient (Wildman–Crippen LogP) is 5.60. The Kier molecular flexibility index (Phi) is 5.09. The van der Waals surface area contributed by atoms with Gasteiger partial charge in [0.15, 0.2) is 0 Å². The van der Waals surface area contributed by atoms with Gasteiger partial charge in [0.05, 0.1) is 28.5 Å². The van der Waals surface area contributed by atoms with Crippen LogP contribution >= 0.6 is 0 Å². The number of fused-ring (bicyclic) bond motifs is 1. The van der Waals surface area contributed by atoms with E-state index in [0.717, 1.165) is 33.8 Å². The van der Waals surface area contributed by atoms with Gasteiger partial charge in [-0.15, -0.1) is 0 Å². The summed E-state index contributed by atoms with van der Waals surface area (Å²) in [5, 5.41) is 30.6. The highest BCUT2D eigenvalue weighted by Crippen LogP contribution is 2.36. The number of phenolic OH excluding ortho intramolecular Hbond substituents is 2. The number of hydrogen-bond donors (Lipinski definition) is 3. The monoisotopic (exact) mass is 452 g/mol. The highest BCUT2D eigenvalue weighted by atomic mass is 16.3. The molecule has 0 unspecified atom stereocenters. The largest absolute Gasteiger partial charge is 0.508 e. The van der Waals surface area contributed by atoms with E-state index in [1.165, 1.54) is 10.6 Å². The van der Waals surface area contributed by atoms with Crippen molar-refractivity contribution in [2.24, 2.45) is 0 Å². The van der Waals surface area contributed by atoms with E-state index in [-0.39, 0.29) is 22.7 Å². The van der Waals surface area contributed by atoms with E-state index in [1.54, 1.807) is 12.4 Å². The normalized spacial score (nSPS) is 11.1. The molecule has 34 heavy (non-hydrogen) atoms. The third kappa shape index (κ3) is 3.67. The average Bonchev–Trinajstić information content (AvgIpc) is 3.35. The van der Waals surface area contributed by atoms with Crippen molar-refractivity contribution < 1.29 is 15.0 Å². The Morgan fingerprint density at radius 1 is 0.912 bits per heavy atom. The van der Waals surface area contributed by atoms with Crippen LogP contribution in [0.15, 0.2) is 73.1 Å². The number of phenols is 2. The van der Waals surface area contributed by atoms with Crippen LogP contribution in [0, 0.1) is 20.8 Å². The van der Waals surface area contributed by atoms with Crippen LogP contribution in [0.5, 0.6) is 11.5 Å². The van der Waals surface area contributed by atoms with E-state index in [1.807, 2.05) is 74.0 Å². The van der Waals surface area contributed by atoms with Gasteiger partial charge in [0.2, 0.25) is 0 Å². The van der Waals surface area contributed by atoms with Crippen molar-refractivity contribution in [3.8, 4) is 17.2 Å². The van der Waals surface area contributed by atoms with Crippen molar-refractivity contribution in [1.82, 2.24) is 14.3 Å². The highest BCUT2D eigenvalue weighted by molar-refractivity contribution is 6.06. The molecule has 3 aromatic carbocycles. The summed E-state index contributed by atoms with van der Waals surface area (Å²) in [5.41, 5.74) is 4.61. The zero-order chi connectivity index (χ0) is 24.0. The second-order valence-electron chi connectivity index (χ2n) is 8.41. The minimum atomic E-state index is -0.419. The average molecular weight is 453 g/mol. The van der Waals surface area contributed by atoms with Gasteiger partial charge >= 0.3 is 0 Å². The molecule has 2 heterocycles. The van der Waals surface area contributed by atoms with E-state index < -0.39 is 5.91 Å². The first-order chi connectivity index (χ1) is 16.3. The van der Waals surface area contributed by atoms with Crippen LogP contribution in [0.4, 0.5) is 11.4 Å². The second kappa shape index (κ2) is 8.12. The maximum Gasteiger partial charge on any atom is 0.267 e. The van der Waals surface area contributed by atoms with E-state index in [0.29, 0.717) is 11.4 Å². The van der Waals surface area contributed by atoms with Crippen molar-refractivity contribution in [2.45, 2.75) is 20.8 Å². The summed E-state index contributed by atoms with van der Waals surface area (Å²) in [7, 11) is 0. The Bertz CT molecular complexity index is 1530. The zero-order valence-corrected chi connectivity index (χ0v) is 19.1. The fraction of sp³-hybridized carbons (Fsp3) is 0.111. The Morgan fingerprint density at radius 3 is 2.29 bits per heavy atom. The zero-order valence-electron chi connectivity index (χ0n) is 19.1. The number of hydrogen-bond acceptors (Lipinski definition) is 5. The fourth-order valence-electron chi connectivity index (χ4n) is 4.23. The van der Waals surface area contributed by atoms with Gasteiger partial charge in [0.25, 0.3) is 5.91 Å². The summed E-state index contributed by atoms with van der Waals surface area (Å²) >= 11 is 0. The molecule has 7 heteroatoms. The first-order valence-corrected chi connectivity index (χ1v) is 10.9.